The normalized spacial score (nSPS) is 14.3. The third kappa shape index (κ3) is 7.44. The highest BCUT2D eigenvalue weighted by atomic mass is 35.5. The van der Waals surface area contributed by atoms with Gasteiger partial charge < -0.3 is 15.0 Å². The second kappa shape index (κ2) is 14.1. The fourth-order valence-electron chi connectivity index (χ4n) is 5.34. The SMILES string of the molecule is CC[C@@H](C(=O)NC1CCCC1)N(Cc1cccc(OC)c1)C(=O)CN(c1ccccc1C)S(=O)(=O)c1ccc(Cl)cc1. The number of hydrogen-bond acceptors (Lipinski definition) is 5. The number of sulfonamides is 1. The lowest BCUT2D eigenvalue weighted by molar-refractivity contribution is -0.140. The molecule has 1 N–H and O–H groups in total. The first-order chi connectivity index (χ1) is 20.1. The summed E-state index contributed by atoms with van der Waals surface area (Å²) >= 11 is 6.03. The maximum atomic E-state index is 14.3. The van der Waals surface area contributed by atoms with Crippen molar-refractivity contribution in [2.45, 2.75) is 69.5 Å². The summed E-state index contributed by atoms with van der Waals surface area (Å²) in [6.45, 7) is 3.26. The summed E-state index contributed by atoms with van der Waals surface area (Å²) < 4.78 is 34.5. The Labute approximate surface area is 253 Å². The number of benzene rings is 3. The van der Waals surface area contributed by atoms with E-state index in [9.17, 15) is 18.0 Å². The lowest BCUT2D eigenvalue weighted by Gasteiger charge is -2.34. The summed E-state index contributed by atoms with van der Waals surface area (Å²) in [6, 6.07) is 19.4. The van der Waals surface area contributed by atoms with Crippen LogP contribution in [0, 0.1) is 6.92 Å². The van der Waals surface area contributed by atoms with E-state index in [1.54, 1.807) is 38.3 Å². The highest BCUT2D eigenvalue weighted by molar-refractivity contribution is 7.92. The van der Waals surface area contributed by atoms with Crippen molar-refractivity contribution in [3.05, 3.63) is 88.9 Å². The summed E-state index contributed by atoms with van der Waals surface area (Å²) in [5.41, 5.74) is 1.83. The molecular formula is C32H38ClN3O5S. The standard InChI is InChI=1S/C32H38ClN3O5S/c1-4-29(32(38)34-26-12-6-7-13-26)35(21-24-11-9-14-27(20-24)41-3)31(37)22-36(30-15-8-5-10-23(30)2)42(39,40)28-18-16-25(33)17-19-28/h5,8-11,14-20,26,29H,4,6-7,12-13,21-22H2,1-3H3,(H,34,38)/t29-/m0/s1. The molecule has 8 nitrogen and oxygen atoms in total. The minimum absolute atomic E-state index is 0.00770. The zero-order valence-corrected chi connectivity index (χ0v) is 25.8. The Bertz CT molecular complexity index is 1490. The first kappa shape index (κ1) is 31.4. The summed E-state index contributed by atoms with van der Waals surface area (Å²) in [4.78, 5) is 29.3. The minimum atomic E-state index is -4.17. The molecule has 0 aliphatic heterocycles. The second-order valence-corrected chi connectivity index (χ2v) is 12.8. The smallest absolute Gasteiger partial charge is 0.264 e. The van der Waals surface area contributed by atoms with E-state index in [-0.39, 0.29) is 23.4 Å². The summed E-state index contributed by atoms with van der Waals surface area (Å²) in [7, 11) is -2.61. The number of para-hydroxylation sites is 1. The van der Waals surface area contributed by atoms with Crippen LogP contribution in [0.3, 0.4) is 0 Å². The highest BCUT2D eigenvalue weighted by Crippen LogP contribution is 2.28. The van der Waals surface area contributed by atoms with E-state index in [0.717, 1.165) is 35.6 Å². The Balaban J connectivity index is 1.73. The number of carbonyl (C=O) groups is 2. The van der Waals surface area contributed by atoms with Gasteiger partial charge in [0.15, 0.2) is 0 Å². The number of aryl methyl sites for hydroxylation is 1. The number of ether oxygens (including phenoxy) is 1. The summed E-state index contributed by atoms with van der Waals surface area (Å²) in [5.74, 6) is -0.106. The van der Waals surface area contributed by atoms with Crippen LogP contribution >= 0.6 is 11.6 Å². The van der Waals surface area contributed by atoms with E-state index in [1.807, 2.05) is 31.2 Å². The molecule has 0 aromatic heterocycles. The lowest BCUT2D eigenvalue weighted by Crippen LogP contribution is -2.53. The van der Waals surface area contributed by atoms with Crippen LogP contribution in [0.4, 0.5) is 5.69 Å². The fraction of sp³-hybridized carbons (Fsp3) is 0.375. The quantitative estimate of drug-likeness (QED) is 0.283. The van der Waals surface area contributed by atoms with Gasteiger partial charge in [0.05, 0.1) is 17.7 Å². The second-order valence-electron chi connectivity index (χ2n) is 10.5. The Morgan fingerprint density at radius 2 is 1.71 bits per heavy atom. The van der Waals surface area contributed by atoms with Crippen molar-refractivity contribution in [3.8, 4) is 5.75 Å². The van der Waals surface area contributed by atoms with Crippen LogP contribution in [0.25, 0.3) is 0 Å². The number of nitrogens with one attached hydrogen (secondary N) is 1. The maximum Gasteiger partial charge on any atom is 0.264 e. The van der Waals surface area contributed by atoms with E-state index < -0.39 is 28.5 Å². The molecule has 0 bridgehead atoms. The summed E-state index contributed by atoms with van der Waals surface area (Å²) in [5, 5.41) is 3.53. The molecule has 1 fully saturated rings. The Kier molecular flexibility index (Phi) is 10.5. The van der Waals surface area contributed by atoms with E-state index in [2.05, 4.69) is 5.32 Å². The number of anilines is 1. The minimum Gasteiger partial charge on any atom is -0.497 e. The number of amides is 2. The topological polar surface area (TPSA) is 96.0 Å². The molecule has 3 aromatic carbocycles. The van der Waals surface area contributed by atoms with E-state index >= 15 is 0 Å². The van der Waals surface area contributed by atoms with Crippen LogP contribution in [0.15, 0.2) is 77.7 Å². The Hall–Kier alpha value is -3.56. The number of hydrogen-bond donors (Lipinski definition) is 1. The predicted octanol–water partition coefficient (Wildman–Crippen LogP) is 5.72. The number of carbonyl (C=O) groups excluding carboxylic acids is 2. The third-order valence-corrected chi connectivity index (χ3v) is 9.67. The van der Waals surface area contributed by atoms with Gasteiger partial charge >= 0.3 is 0 Å². The molecule has 3 aromatic rings. The molecule has 1 atom stereocenters. The van der Waals surface area contributed by atoms with Gasteiger partial charge in [-0.3, -0.25) is 13.9 Å². The van der Waals surface area contributed by atoms with Crippen LogP contribution in [0.1, 0.15) is 50.2 Å². The molecule has 0 spiro atoms. The number of methoxy groups -OCH3 is 1. The van der Waals surface area contributed by atoms with Crippen LogP contribution in [-0.4, -0.2) is 50.9 Å². The molecule has 2 amide bonds. The molecule has 0 unspecified atom stereocenters. The molecule has 1 aliphatic carbocycles. The van der Waals surface area contributed by atoms with Crippen LogP contribution < -0.4 is 14.4 Å². The van der Waals surface area contributed by atoms with Crippen LogP contribution in [-0.2, 0) is 26.2 Å². The first-order valence-corrected chi connectivity index (χ1v) is 16.0. The largest absolute Gasteiger partial charge is 0.497 e. The van der Waals surface area contributed by atoms with Crippen LogP contribution in [0.2, 0.25) is 5.02 Å². The molecule has 0 saturated heterocycles. The summed E-state index contributed by atoms with van der Waals surface area (Å²) in [6.07, 6.45) is 4.30. The maximum absolute atomic E-state index is 14.3. The van der Waals surface area contributed by atoms with Crippen molar-refractivity contribution in [2.75, 3.05) is 18.0 Å². The molecule has 42 heavy (non-hydrogen) atoms. The van der Waals surface area contributed by atoms with Gasteiger partial charge in [0.25, 0.3) is 10.0 Å². The van der Waals surface area contributed by atoms with E-state index in [4.69, 9.17) is 16.3 Å². The van der Waals surface area contributed by atoms with E-state index in [1.165, 1.54) is 29.2 Å². The van der Waals surface area contributed by atoms with E-state index in [0.29, 0.717) is 28.4 Å². The van der Waals surface area contributed by atoms with Gasteiger partial charge in [-0.25, -0.2) is 8.42 Å². The van der Waals surface area contributed by atoms with Gasteiger partial charge in [0.2, 0.25) is 11.8 Å². The lowest BCUT2D eigenvalue weighted by atomic mass is 10.1. The van der Waals surface area contributed by atoms with Crippen molar-refractivity contribution >= 4 is 39.1 Å². The van der Waals surface area contributed by atoms with Gasteiger partial charge in [-0.2, -0.15) is 0 Å². The van der Waals surface area contributed by atoms with Crippen molar-refractivity contribution in [1.29, 1.82) is 0 Å². The van der Waals surface area contributed by atoms with Crippen molar-refractivity contribution in [3.63, 3.8) is 0 Å². The molecule has 4 rings (SSSR count). The first-order valence-electron chi connectivity index (χ1n) is 14.2. The molecular weight excluding hydrogens is 574 g/mol. The average Bonchev–Trinajstić information content (AvgIpc) is 3.49. The average molecular weight is 612 g/mol. The van der Waals surface area contributed by atoms with Gasteiger partial charge in [-0.05, 0) is 79.8 Å². The van der Waals surface area contributed by atoms with Gasteiger partial charge in [0, 0.05) is 17.6 Å². The Morgan fingerprint density at radius 1 is 1.02 bits per heavy atom. The monoisotopic (exact) mass is 611 g/mol. The molecule has 0 radical (unpaired) electrons. The molecule has 224 valence electrons. The molecule has 1 aliphatic rings. The van der Waals surface area contributed by atoms with Crippen molar-refractivity contribution < 1.29 is 22.7 Å². The van der Waals surface area contributed by atoms with Gasteiger partial charge in [0.1, 0.15) is 18.3 Å². The predicted molar refractivity (Wildman–Crippen MR) is 165 cm³/mol. The zero-order valence-electron chi connectivity index (χ0n) is 24.3. The zero-order chi connectivity index (χ0) is 30.3. The molecule has 0 heterocycles. The number of halogens is 1. The highest BCUT2D eigenvalue weighted by Gasteiger charge is 2.35. The van der Waals surface area contributed by atoms with Crippen molar-refractivity contribution in [1.82, 2.24) is 10.2 Å². The van der Waals surface area contributed by atoms with Crippen LogP contribution in [0.5, 0.6) is 5.75 Å². The third-order valence-electron chi connectivity index (χ3n) is 7.64. The molecule has 10 heteroatoms. The van der Waals surface area contributed by atoms with Crippen molar-refractivity contribution in [2.24, 2.45) is 0 Å². The van der Waals surface area contributed by atoms with Gasteiger partial charge in [-0.1, -0.05) is 61.7 Å². The number of nitrogens with zero attached hydrogens (tertiary/aromatic N) is 2. The van der Waals surface area contributed by atoms with Gasteiger partial charge in [-0.15, -0.1) is 0 Å². The fourth-order valence-corrected chi connectivity index (χ4v) is 6.95. The number of rotatable bonds is 12. The molecule has 1 saturated carbocycles. The Morgan fingerprint density at radius 3 is 2.36 bits per heavy atom.